The summed E-state index contributed by atoms with van der Waals surface area (Å²) in [6.45, 7) is 10.9. The highest BCUT2D eigenvalue weighted by Crippen LogP contribution is 2.47. The predicted octanol–water partition coefficient (Wildman–Crippen LogP) is 3.49. The largest absolute Gasteiger partial charge is 0.302 e. The molecule has 134 valence electrons. The van der Waals surface area contributed by atoms with Crippen LogP contribution in [0.5, 0.6) is 0 Å². The van der Waals surface area contributed by atoms with Crippen LogP contribution in [0.1, 0.15) is 53.4 Å². The van der Waals surface area contributed by atoms with E-state index in [1.165, 1.54) is 21.3 Å². The van der Waals surface area contributed by atoms with Crippen LogP contribution in [0.15, 0.2) is 22.0 Å². The zero-order valence-corrected chi connectivity index (χ0v) is 15.9. The fourth-order valence-electron chi connectivity index (χ4n) is 3.40. The van der Waals surface area contributed by atoms with Crippen LogP contribution in [0.3, 0.4) is 0 Å². The van der Waals surface area contributed by atoms with E-state index in [1.807, 2.05) is 38.6 Å². The van der Waals surface area contributed by atoms with Crippen molar-refractivity contribution in [3.05, 3.63) is 60.4 Å². The Labute approximate surface area is 150 Å². The van der Waals surface area contributed by atoms with Gasteiger partial charge in [-0.3, -0.25) is 14.3 Å². The number of aromatic amines is 1. The van der Waals surface area contributed by atoms with Gasteiger partial charge in [-0.2, -0.15) is 0 Å². The zero-order chi connectivity index (χ0) is 18.9. The number of ketones is 1. The number of fused-ring (bicyclic) bond motifs is 1. The number of rotatable bonds is 3. The fraction of sp³-hybridized carbons (Fsp3) is 0.444. The summed E-state index contributed by atoms with van der Waals surface area (Å²) >= 11 is 1.86. The number of hydrogen-bond acceptors (Lipinski definition) is 5. The van der Waals surface area contributed by atoms with E-state index >= 15 is 0 Å². The summed E-state index contributed by atoms with van der Waals surface area (Å²) in [5.74, 6) is 0.837. The quantitative estimate of drug-likeness (QED) is 0.844. The molecule has 2 aromatic rings. The Morgan fingerprint density at radius 1 is 1.28 bits per heavy atom. The number of benzene rings is 1. The summed E-state index contributed by atoms with van der Waals surface area (Å²) < 4.78 is 1.45. The Bertz CT molecular complexity index is 880. The Kier molecular flexibility index (Phi) is 5.37. The molecule has 0 radical (unpaired) electrons. The van der Waals surface area contributed by atoms with Gasteiger partial charge in [0.1, 0.15) is 5.56 Å². The summed E-state index contributed by atoms with van der Waals surface area (Å²) in [4.78, 5) is 40.5. The first-order chi connectivity index (χ1) is 11.8. The molecular formula is C18H22N2O4S. The highest BCUT2D eigenvalue weighted by Gasteiger charge is 2.35. The molecule has 1 aliphatic rings. The fourth-order valence-corrected chi connectivity index (χ4v) is 4.91. The van der Waals surface area contributed by atoms with Crippen molar-refractivity contribution in [2.45, 2.75) is 51.5 Å². The highest BCUT2D eigenvalue weighted by molar-refractivity contribution is 7.99. The normalized spacial score (nSPS) is 14.6. The van der Waals surface area contributed by atoms with E-state index in [1.54, 1.807) is 0 Å². The number of hydrogen-bond donors (Lipinski definition) is 1. The van der Waals surface area contributed by atoms with Gasteiger partial charge in [-0.05, 0) is 43.5 Å². The summed E-state index contributed by atoms with van der Waals surface area (Å²) in [6.07, 6.45) is 1.52. The van der Waals surface area contributed by atoms with Crippen molar-refractivity contribution in [1.82, 2.24) is 9.78 Å². The first kappa shape index (κ1) is 19.2. The lowest BCUT2D eigenvalue weighted by molar-refractivity contribution is 0.103. The van der Waals surface area contributed by atoms with Gasteiger partial charge in [0.2, 0.25) is 0 Å². The lowest BCUT2D eigenvalue weighted by Gasteiger charge is -2.22. The van der Waals surface area contributed by atoms with Gasteiger partial charge >= 0.3 is 0 Å². The molecule has 1 N–H and O–H groups in total. The maximum absolute atomic E-state index is 12.9. The molecule has 7 heteroatoms. The van der Waals surface area contributed by atoms with E-state index in [2.05, 4.69) is 18.9 Å². The number of carbonyl (C=O) groups excluding carboxylic acids is 1. The van der Waals surface area contributed by atoms with E-state index < -0.39 is 0 Å². The molecule has 0 spiro atoms. The summed E-state index contributed by atoms with van der Waals surface area (Å²) in [6, 6.07) is 1.94. The molecule has 0 aliphatic carbocycles. The Morgan fingerprint density at radius 2 is 1.92 bits per heavy atom. The van der Waals surface area contributed by atoms with E-state index in [0.29, 0.717) is 12.1 Å². The summed E-state index contributed by atoms with van der Waals surface area (Å²) in [5.41, 5.74) is 4.06. The number of aromatic nitrogens is 2. The van der Waals surface area contributed by atoms with Crippen molar-refractivity contribution in [1.29, 1.82) is 0 Å². The molecule has 6 nitrogen and oxygen atoms in total. The van der Waals surface area contributed by atoms with Crippen molar-refractivity contribution in [2.24, 2.45) is 0 Å². The van der Waals surface area contributed by atoms with Crippen LogP contribution in [0.25, 0.3) is 0 Å². The Balaban J connectivity index is 0.00000109. The molecule has 2 heterocycles. The van der Waals surface area contributed by atoms with Crippen molar-refractivity contribution in [3.63, 3.8) is 0 Å². The third-order valence-corrected chi connectivity index (χ3v) is 6.31. The zero-order valence-electron chi connectivity index (χ0n) is 15.1. The minimum Gasteiger partial charge on any atom is -0.302 e. The molecule has 25 heavy (non-hydrogen) atoms. The van der Waals surface area contributed by atoms with Crippen LogP contribution in [-0.2, 0) is 12.0 Å². The molecule has 3 rings (SSSR count). The Hall–Kier alpha value is -2.15. The van der Waals surface area contributed by atoms with Gasteiger partial charge in [0.25, 0.3) is 5.56 Å². The number of nitrogens with one attached hydrogen (secondary N) is 1. The molecule has 1 aromatic heterocycles. The van der Waals surface area contributed by atoms with Crippen LogP contribution < -0.4 is 5.56 Å². The molecule has 0 amide bonds. The van der Waals surface area contributed by atoms with Gasteiger partial charge in [-0.1, -0.05) is 13.8 Å². The van der Waals surface area contributed by atoms with Gasteiger partial charge in [0.15, 0.2) is 5.78 Å². The Morgan fingerprint density at radius 3 is 2.48 bits per heavy atom. The van der Waals surface area contributed by atoms with Gasteiger partial charge in [-0.15, -0.1) is 11.8 Å². The maximum Gasteiger partial charge on any atom is 0.277 e. The number of aryl methyl sites for hydroxylation is 2. The third kappa shape index (κ3) is 3.08. The van der Waals surface area contributed by atoms with E-state index in [4.69, 9.17) is 9.93 Å². The molecule has 0 unspecified atom stereocenters. The second-order valence-corrected chi connectivity index (χ2v) is 7.79. The average molecular weight is 362 g/mol. The van der Waals surface area contributed by atoms with Gasteiger partial charge in [-0.25, -0.2) is 0 Å². The monoisotopic (exact) mass is 362 g/mol. The van der Waals surface area contributed by atoms with Gasteiger partial charge in [0.05, 0.1) is 0 Å². The number of H-pyrrole nitrogens is 1. The maximum atomic E-state index is 12.9. The second-order valence-electron chi connectivity index (χ2n) is 6.81. The molecule has 1 aromatic carbocycles. The molecule has 0 fully saturated rings. The third-order valence-electron chi connectivity index (χ3n) is 4.62. The van der Waals surface area contributed by atoms with Gasteiger partial charge < -0.3 is 5.10 Å². The summed E-state index contributed by atoms with van der Waals surface area (Å²) in [5, 5.41) is 2.86. The second kappa shape index (κ2) is 7.00. The van der Waals surface area contributed by atoms with E-state index in [-0.39, 0.29) is 22.3 Å². The van der Waals surface area contributed by atoms with Crippen LogP contribution in [0, 0.1) is 23.8 Å². The smallest absolute Gasteiger partial charge is 0.277 e. The molecule has 0 saturated heterocycles. The van der Waals surface area contributed by atoms with Crippen LogP contribution >= 0.6 is 11.8 Å². The van der Waals surface area contributed by atoms with Crippen LogP contribution in [-0.4, -0.2) is 21.3 Å². The van der Waals surface area contributed by atoms with Crippen molar-refractivity contribution in [2.75, 3.05) is 5.75 Å². The number of nitrogens with zero attached hydrogens (tertiary/aromatic N) is 1. The minimum atomic E-state index is -0.247. The number of thioether (sulfide) groups is 1. The number of carbonyl (C=O) groups is 1. The molecule has 0 bridgehead atoms. The first-order valence-corrected chi connectivity index (χ1v) is 9.03. The van der Waals surface area contributed by atoms with Crippen molar-refractivity contribution < 1.29 is 4.79 Å². The first-order valence-electron chi connectivity index (χ1n) is 8.05. The van der Waals surface area contributed by atoms with Crippen molar-refractivity contribution >= 4 is 17.5 Å². The van der Waals surface area contributed by atoms with Crippen LogP contribution in [0.2, 0.25) is 0 Å². The lowest BCUT2D eigenvalue weighted by Crippen LogP contribution is -2.23. The van der Waals surface area contributed by atoms with Gasteiger partial charge in [0, 0.05) is 44.3 Å². The average Bonchev–Trinajstić information content (AvgIpc) is 3.12. The predicted molar refractivity (Wildman–Crippen MR) is 101 cm³/mol. The molecular weight excluding hydrogens is 340 g/mol. The SMILES string of the molecule is CCn1[nH]cc(C(=O)c2cc(C)c3c(c2C)C(C)(C)CS3)c1=O.O=O. The standard InChI is InChI=1S/C18H22N2O2S.O2/c1-6-20-17(22)13(8-19-20)15(21)12-7-10(2)16-14(11(12)3)18(4,5)9-23-16;1-2/h7-8,19H,6,9H2,1-5H3;. The van der Waals surface area contributed by atoms with E-state index in [0.717, 1.165) is 16.9 Å². The minimum absolute atomic E-state index is 0.0485. The summed E-state index contributed by atoms with van der Waals surface area (Å²) in [7, 11) is 0. The molecule has 0 saturated carbocycles. The molecule has 0 atom stereocenters. The van der Waals surface area contributed by atoms with E-state index in [9.17, 15) is 9.59 Å². The topological polar surface area (TPSA) is 89.0 Å². The lowest BCUT2D eigenvalue weighted by atomic mass is 9.80. The highest BCUT2D eigenvalue weighted by atomic mass is 32.2. The van der Waals surface area contributed by atoms with Crippen molar-refractivity contribution in [3.8, 4) is 0 Å². The molecule has 1 aliphatic heterocycles. The van der Waals surface area contributed by atoms with Crippen LogP contribution in [0.4, 0.5) is 0 Å².